The minimum absolute atomic E-state index is 0.105. The monoisotopic (exact) mass is 379 g/mol. The molecule has 1 heterocycles. The molecule has 0 saturated carbocycles. The van der Waals surface area contributed by atoms with Crippen molar-refractivity contribution in [3.63, 3.8) is 0 Å². The molecule has 0 radical (unpaired) electrons. The van der Waals surface area contributed by atoms with Gasteiger partial charge in [0.15, 0.2) is 5.17 Å². The summed E-state index contributed by atoms with van der Waals surface area (Å²) in [6.45, 7) is 5.81. The van der Waals surface area contributed by atoms with Crippen LogP contribution in [0.25, 0.3) is 0 Å². The van der Waals surface area contributed by atoms with Crippen LogP contribution in [0.2, 0.25) is 0 Å². The van der Waals surface area contributed by atoms with E-state index in [0.29, 0.717) is 4.91 Å². The van der Waals surface area contributed by atoms with Crippen molar-refractivity contribution in [2.24, 2.45) is 4.40 Å². The molecule has 1 saturated heterocycles. The molecule has 0 unspecified atom stereocenters. The maximum Gasteiger partial charge on any atom is 0.284 e. The second-order valence-electron chi connectivity index (χ2n) is 5.61. The van der Waals surface area contributed by atoms with Gasteiger partial charge in [-0.1, -0.05) is 25.1 Å². The molecule has 0 bridgehead atoms. The number of carbonyl (C=O) groups is 1. The van der Waals surface area contributed by atoms with E-state index in [4.69, 9.17) is 0 Å². The van der Waals surface area contributed by atoms with Crippen LogP contribution in [0.3, 0.4) is 0 Å². The highest BCUT2D eigenvalue weighted by molar-refractivity contribution is 8.19. The summed E-state index contributed by atoms with van der Waals surface area (Å²) in [5.41, 5.74) is 1.04. The summed E-state index contributed by atoms with van der Waals surface area (Å²) in [4.78, 5) is 16.0. The molecule has 0 N–H and O–H groups in total. The number of carbonyl (C=O) groups excluding carboxylic acids is 1. The minimum Gasteiger partial charge on any atom is -0.382 e. The molecule has 1 aliphatic heterocycles. The maximum absolute atomic E-state index is 12.6. The summed E-state index contributed by atoms with van der Waals surface area (Å²) in [5.74, 6) is -0.283. The van der Waals surface area contributed by atoms with Crippen LogP contribution < -0.4 is 0 Å². The van der Waals surface area contributed by atoms with E-state index < -0.39 is 10.0 Å². The van der Waals surface area contributed by atoms with Crippen molar-refractivity contribution in [3.8, 4) is 0 Å². The van der Waals surface area contributed by atoms with E-state index in [0.717, 1.165) is 23.7 Å². The fraction of sp³-hybridized carbons (Fsp3) is 0.294. The molecule has 1 aromatic rings. The summed E-state index contributed by atoms with van der Waals surface area (Å²) in [6.07, 6.45) is 4.01. The van der Waals surface area contributed by atoms with E-state index in [-0.39, 0.29) is 22.5 Å². The molecule has 0 aromatic heterocycles. The quantitative estimate of drug-likeness (QED) is 0.561. The molecule has 2 rings (SSSR count). The third kappa shape index (κ3) is 4.52. The van der Waals surface area contributed by atoms with Crippen LogP contribution in [-0.4, -0.2) is 49.9 Å². The molecular formula is C17H21N3O3S2. The average Bonchev–Trinajstić information content (AvgIpc) is 2.83. The van der Waals surface area contributed by atoms with E-state index >= 15 is 0 Å². The SMILES string of the molecule is C=CCN1C(=O)/C(=C\N(C)C)S/C1=N/S(=O)(=O)c1ccc(CC)cc1. The van der Waals surface area contributed by atoms with Crippen LogP contribution in [0.4, 0.5) is 0 Å². The van der Waals surface area contributed by atoms with Gasteiger partial charge in [-0.25, -0.2) is 0 Å². The lowest BCUT2D eigenvalue weighted by atomic mass is 10.2. The van der Waals surface area contributed by atoms with Crippen LogP contribution in [0.1, 0.15) is 12.5 Å². The Hall–Kier alpha value is -2.06. The van der Waals surface area contributed by atoms with E-state index in [1.807, 2.05) is 6.92 Å². The van der Waals surface area contributed by atoms with Crippen LogP contribution in [0.15, 0.2) is 57.3 Å². The number of rotatable bonds is 6. The zero-order chi connectivity index (χ0) is 18.6. The number of hydrogen-bond donors (Lipinski definition) is 0. The number of benzene rings is 1. The van der Waals surface area contributed by atoms with Gasteiger partial charge in [0.1, 0.15) is 0 Å². The number of nitrogens with zero attached hydrogens (tertiary/aromatic N) is 3. The summed E-state index contributed by atoms with van der Waals surface area (Å²) < 4.78 is 29.0. The number of aryl methyl sites for hydroxylation is 1. The first-order chi connectivity index (χ1) is 11.8. The van der Waals surface area contributed by atoms with Crippen molar-refractivity contribution in [2.45, 2.75) is 18.2 Å². The van der Waals surface area contributed by atoms with Gasteiger partial charge in [-0.15, -0.1) is 11.0 Å². The lowest BCUT2D eigenvalue weighted by molar-refractivity contribution is -0.121. The smallest absolute Gasteiger partial charge is 0.284 e. The summed E-state index contributed by atoms with van der Waals surface area (Å²) in [7, 11) is -0.314. The van der Waals surface area contributed by atoms with Gasteiger partial charge in [-0.3, -0.25) is 9.69 Å². The minimum atomic E-state index is -3.90. The number of hydrogen-bond acceptors (Lipinski definition) is 5. The van der Waals surface area contributed by atoms with Gasteiger partial charge in [0.2, 0.25) is 0 Å². The van der Waals surface area contributed by atoms with Gasteiger partial charge in [0.05, 0.1) is 9.80 Å². The zero-order valence-electron chi connectivity index (χ0n) is 14.5. The Morgan fingerprint density at radius 3 is 2.44 bits per heavy atom. The van der Waals surface area contributed by atoms with Gasteiger partial charge in [-0.05, 0) is 35.9 Å². The zero-order valence-corrected chi connectivity index (χ0v) is 16.1. The Morgan fingerprint density at radius 1 is 1.28 bits per heavy atom. The Bertz CT molecular complexity index is 825. The first-order valence-electron chi connectivity index (χ1n) is 7.71. The number of thioether (sulfide) groups is 1. The number of amidine groups is 1. The van der Waals surface area contributed by atoms with Crippen molar-refractivity contribution in [1.82, 2.24) is 9.80 Å². The van der Waals surface area contributed by atoms with Gasteiger partial charge >= 0.3 is 0 Å². The predicted octanol–water partition coefficient (Wildman–Crippen LogP) is 2.46. The van der Waals surface area contributed by atoms with Crippen molar-refractivity contribution >= 4 is 32.9 Å². The topological polar surface area (TPSA) is 70.1 Å². The van der Waals surface area contributed by atoms with Crippen LogP contribution in [0, 0.1) is 0 Å². The van der Waals surface area contributed by atoms with E-state index in [9.17, 15) is 13.2 Å². The van der Waals surface area contributed by atoms with E-state index in [1.54, 1.807) is 37.3 Å². The number of sulfonamides is 1. The van der Waals surface area contributed by atoms with Crippen molar-refractivity contribution in [2.75, 3.05) is 20.6 Å². The third-order valence-electron chi connectivity index (χ3n) is 3.40. The second-order valence-corrected chi connectivity index (χ2v) is 8.22. The number of amides is 1. The Labute approximate surface area is 153 Å². The molecule has 0 spiro atoms. The normalized spacial score (nSPS) is 18.2. The molecule has 0 atom stereocenters. The summed E-state index contributed by atoms with van der Waals surface area (Å²) >= 11 is 1.04. The second kappa shape index (κ2) is 7.88. The average molecular weight is 380 g/mol. The molecule has 1 amide bonds. The molecule has 1 fully saturated rings. The Balaban J connectivity index is 2.41. The largest absolute Gasteiger partial charge is 0.382 e. The van der Waals surface area contributed by atoms with Crippen LogP contribution >= 0.6 is 11.8 Å². The van der Waals surface area contributed by atoms with Crippen molar-refractivity contribution in [1.29, 1.82) is 0 Å². The molecular weight excluding hydrogens is 358 g/mol. The third-order valence-corrected chi connectivity index (χ3v) is 5.79. The molecule has 134 valence electrons. The van der Waals surface area contributed by atoms with Gasteiger partial charge < -0.3 is 4.90 Å². The first kappa shape index (κ1) is 19.3. The summed E-state index contributed by atoms with van der Waals surface area (Å²) in [6, 6.07) is 6.60. The molecule has 1 aromatic carbocycles. The lowest BCUT2D eigenvalue weighted by Gasteiger charge is -2.12. The molecule has 6 nitrogen and oxygen atoms in total. The standard InChI is InChI=1S/C17H21N3O3S2/c1-5-11-20-16(21)15(12-19(3)4)24-17(20)18-25(22,23)14-9-7-13(6-2)8-10-14/h5,7-10,12H,1,6,11H2,2-4H3/b15-12+,18-17+. The fourth-order valence-corrected chi connectivity index (χ4v) is 4.40. The van der Waals surface area contributed by atoms with Crippen LogP contribution in [0.5, 0.6) is 0 Å². The van der Waals surface area contributed by atoms with Crippen molar-refractivity contribution < 1.29 is 13.2 Å². The summed E-state index contributed by atoms with van der Waals surface area (Å²) in [5, 5.41) is 0.137. The van der Waals surface area contributed by atoms with Gasteiger partial charge in [0.25, 0.3) is 15.9 Å². The maximum atomic E-state index is 12.6. The lowest BCUT2D eigenvalue weighted by Crippen LogP contribution is -2.30. The molecule has 8 heteroatoms. The highest BCUT2D eigenvalue weighted by atomic mass is 32.2. The van der Waals surface area contributed by atoms with Crippen molar-refractivity contribution in [3.05, 3.63) is 53.6 Å². The Kier molecular flexibility index (Phi) is 6.07. The van der Waals surface area contributed by atoms with Crippen LogP contribution in [-0.2, 0) is 21.2 Å². The highest BCUT2D eigenvalue weighted by Crippen LogP contribution is 2.32. The molecule has 0 aliphatic carbocycles. The molecule has 1 aliphatic rings. The van der Waals surface area contributed by atoms with Gasteiger partial charge in [-0.2, -0.15) is 8.42 Å². The fourth-order valence-electron chi connectivity index (χ4n) is 2.14. The Morgan fingerprint density at radius 2 is 1.92 bits per heavy atom. The predicted molar refractivity (Wildman–Crippen MR) is 102 cm³/mol. The van der Waals surface area contributed by atoms with Gasteiger partial charge in [0, 0.05) is 26.8 Å². The first-order valence-corrected chi connectivity index (χ1v) is 9.97. The van der Waals surface area contributed by atoms with E-state index in [2.05, 4.69) is 11.0 Å². The highest BCUT2D eigenvalue weighted by Gasteiger charge is 2.34. The van der Waals surface area contributed by atoms with E-state index in [1.165, 1.54) is 23.1 Å². The molecule has 25 heavy (non-hydrogen) atoms.